The summed E-state index contributed by atoms with van der Waals surface area (Å²) in [5, 5.41) is 11.1. The average Bonchev–Trinajstić information content (AvgIpc) is 3.26. The van der Waals surface area contributed by atoms with Crippen LogP contribution in [-0.2, 0) is 12.0 Å². The van der Waals surface area contributed by atoms with Gasteiger partial charge in [-0.05, 0) is 25.5 Å². The predicted octanol–water partition coefficient (Wildman–Crippen LogP) is 3.71. The van der Waals surface area contributed by atoms with Crippen LogP contribution in [0, 0.1) is 12.7 Å². The molecule has 1 amide bonds. The predicted molar refractivity (Wildman–Crippen MR) is 99.9 cm³/mol. The molecule has 0 aliphatic rings. The summed E-state index contributed by atoms with van der Waals surface area (Å²) in [6, 6.07) is 8.16. The number of benzene rings is 1. The molecule has 142 valence electrons. The monoisotopic (exact) mass is 370 g/mol. The van der Waals surface area contributed by atoms with E-state index >= 15 is 0 Å². The van der Waals surface area contributed by atoms with Gasteiger partial charge < -0.3 is 9.84 Å². The van der Waals surface area contributed by atoms with Crippen LogP contribution in [0.4, 0.5) is 4.39 Å². The van der Waals surface area contributed by atoms with Crippen molar-refractivity contribution in [1.82, 2.24) is 20.3 Å². The first-order valence-corrected chi connectivity index (χ1v) is 8.86. The molecule has 0 saturated heterocycles. The molecular weight excluding hydrogens is 347 g/mol. The second kappa shape index (κ2) is 7.34. The zero-order valence-electron chi connectivity index (χ0n) is 15.9. The molecule has 3 rings (SSSR count). The maximum atomic E-state index is 14.0. The summed E-state index contributed by atoms with van der Waals surface area (Å²) in [5.74, 6) is -0.571. The Morgan fingerprint density at radius 2 is 2.07 bits per heavy atom. The van der Waals surface area contributed by atoms with Crippen molar-refractivity contribution in [3.63, 3.8) is 0 Å². The molecule has 0 saturated carbocycles. The van der Waals surface area contributed by atoms with E-state index in [4.69, 9.17) is 4.52 Å². The van der Waals surface area contributed by atoms with E-state index < -0.39 is 11.3 Å². The zero-order valence-corrected chi connectivity index (χ0v) is 15.9. The lowest BCUT2D eigenvalue weighted by molar-refractivity contribution is 0.0908. The molecule has 0 fully saturated rings. The SMILES string of the molecule is CCn1ncc(-c2cc(C(=O)NCC(C)(C)c3ccccc3F)on2)c1C. The van der Waals surface area contributed by atoms with Gasteiger partial charge in [0.25, 0.3) is 5.91 Å². The number of aromatic nitrogens is 3. The van der Waals surface area contributed by atoms with Crippen molar-refractivity contribution in [3.8, 4) is 11.3 Å². The summed E-state index contributed by atoms with van der Waals surface area (Å²) in [6.07, 6.45) is 1.71. The number of halogens is 1. The second-order valence-corrected chi connectivity index (χ2v) is 7.08. The van der Waals surface area contributed by atoms with Crippen LogP contribution < -0.4 is 5.32 Å². The molecule has 0 aliphatic carbocycles. The van der Waals surface area contributed by atoms with Gasteiger partial charge in [0.1, 0.15) is 11.5 Å². The van der Waals surface area contributed by atoms with Gasteiger partial charge >= 0.3 is 0 Å². The smallest absolute Gasteiger partial charge is 0.289 e. The average molecular weight is 370 g/mol. The Balaban J connectivity index is 1.71. The molecule has 2 heterocycles. The Morgan fingerprint density at radius 1 is 1.33 bits per heavy atom. The van der Waals surface area contributed by atoms with Crippen molar-refractivity contribution in [2.45, 2.75) is 39.7 Å². The van der Waals surface area contributed by atoms with E-state index in [-0.39, 0.29) is 18.1 Å². The molecule has 6 nitrogen and oxygen atoms in total. The summed E-state index contributed by atoms with van der Waals surface area (Å²) in [5.41, 5.74) is 2.32. The number of rotatable bonds is 6. The van der Waals surface area contributed by atoms with Gasteiger partial charge in [-0.1, -0.05) is 37.2 Å². The topological polar surface area (TPSA) is 73.0 Å². The minimum Gasteiger partial charge on any atom is -0.350 e. The number of aryl methyl sites for hydroxylation is 1. The van der Waals surface area contributed by atoms with Crippen LogP contribution in [-0.4, -0.2) is 27.4 Å². The fourth-order valence-electron chi connectivity index (χ4n) is 3.02. The fraction of sp³-hybridized carbons (Fsp3) is 0.350. The van der Waals surface area contributed by atoms with Crippen LogP contribution in [0.15, 0.2) is 41.1 Å². The first-order chi connectivity index (χ1) is 12.8. The lowest BCUT2D eigenvalue weighted by Crippen LogP contribution is -2.37. The number of hydrogen-bond donors (Lipinski definition) is 1. The molecule has 2 aromatic heterocycles. The number of hydrogen-bond acceptors (Lipinski definition) is 4. The Bertz CT molecular complexity index is 959. The third-order valence-corrected chi connectivity index (χ3v) is 4.71. The highest BCUT2D eigenvalue weighted by atomic mass is 19.1. The zero-order chi connectivity index (χ0) is 19.6. The molecule has 7 heteroatoms. The van der Waals surface area contributed by atoms with E-state index in [0.717, 1.165) is 17.8 Å². The fourth-order valence-corrected chi connectivity index (χ4v) is 3.02. The normalized spacial score (nSPS) is 11.6. The number of nitrogens with one attached hydrogen (secondary N) is 1. The molecule has 0 bridgehead atoms. The van der Waals surface area contributed by atoms with Gasteiger partial charge in [-0.25, -0.2) is 4.39 Å². The van der Waals surface area contributed by atoms with Crippen molar-refractivity contribution < 1.29 is 13.7 Å². The molecular formula is C20H23FN4O2. The molecule has 27 heavy (non-hydrogen) atoms. The molecule has 0 aliphatic heterocycles. The highest BCUT2D eigenvalue weighted by Gasteiger charge is 2.26. The summed E-state index contributed by atoms with van der Waals surface area (Å²) in [6.45, 7) is 8.71. The van der Waals surface area contributed by atoms with Crippen LogP contribution in [0.1, 0.15) is 42.6 Å². The molecule has 0 unspecified atom stereocenters. The van der Waals surface area contributed by atoms with Crippen LogP contribution >= 0.6 is 0 Å². The van der Waals surface area contributed by atoms with Gasteiger partial charge in [0.05, 0.1) is 6.20 Å². The number of nitrogens with zero attached hydrogens (tertiary/aromatic N) is 3. The van der Waals surface area contributed by atoms with Gasteiger partial charge in [-0.3, -0.25) is 9.48 Å². The quantitative estimate of drug-likeness (QED) is 0.718. The van der Waals surface area contributed by atoms with Gasteiger partial charge in [0.15, 0.2) is 0 Å². The first kappa shape index (κ1) is 18.8. The highest BCUT2D eigenvalue weighted by Crippen LogP contribution is 2.26. The second-order valence-electron chi connectivity index (χ2n) is 7.08. The van der Waals surface area contributed by atoms with Crippen molar-refractivity contribution >= 4 is 5.91 Å². The summed E-state index contributed by atoms with van der Waals surface area (Å²) in [4.78, 5) is 12.4. The van der Waals surface area contributed by atoms with Crippen molar-refractivity contribution in [1.29, 1.82) is 0 Å². The van der Waals surface area contributed by atoms with Crippen LogP contribution in [0.3, 0.4) is 0 Å². The van der Waals surface area contributed by atoms with Crippen molar-refractivity contribution in [2.24, 2.45) is 0 Å². The Labute approximate surface area is 157 Å². The Hall–Kier alpha value is -2.96. The van der Waals surface area contributed by atoms with E-state index in [1.165, 1.54) is 6.07 Å². The lowest BCUT2D eigenvalue weighted by Gasteiger charge is -2.25. The Morgan fingerprint density at radius 3 is 2.74 bits per heavy atom. The van der Waals surface area contributed by atoms with E-state index in [0.29, 0.717) is 11.3 Å². The molecule has 1 N–H and O–H groups in total. The molecule has 0 radical (unpaired) electrons. The van der Waals surface area contributed by atoms with Crippen LogP contribution in [0.5, 0.6) is 0 Å². The van der Waals surface area contributed by atoms with Gasteiger partial charge in [-0.2, -0.15) is 5.10 Å². The third kappa shape index (κ3) is 3.77. The molecule has 3 aromatic rings. The maximum absolute atomic E-state index is 14.0. The largest absolute Gasteiger partial charge is 0.350 e. The number of carbonyl (C=O) groups is 1. The number of carbonyl (C=O) groups excluding carboxylic acids is 1. The third-order valence-electron chi connectivity index (χ3n) is 4.71. The van der Waals surface area contributed by atoms with E-state index in [1.54, 1.807) is 30.5 Å². The Kier molecular flexibility index (Phi) is 5.12. The summed E-state index contributed by atoms with van der Waals surface area (Å²) < 4.78 is 21.1. The van der Waals surface area contributed by atoms with E-state index in [9.17, 15) is 9.18 Å². The van der Waals surface area contributed by atoms with E-state index in [2.05, 4.69) is 15.6 Å². The van der Waals surface area contributed by atoms with Crippen molar-refractivity contribution in [3.05, 3.63) is 59.4 Å². The van der Waals surface area contributed by atoms with Crippen LogP contribution in [0.25, 0.3) is 11.3 Å². The van der Waals surface area contributed by atoms with E-state index in [1.807, 2.05) is 32.4 Å². The van der Waals surface area contributed by atoms with Crippen LogP contribution in [0.2, 0.25) is 0 Å². The molecule has 0 atom stereocenters. The highest BCUT2D eigenvalue weighted by molar-refractivity contribution is 5.92. The van der Waals surface area contributed by atoms with Gasteiger partial charge in [0, 0.05) is 35.8 Å². The lowest BCUT2D eigenvalue weighted by atomic mass is 9.84. The van der Waals surface area contributed by atoms with Gasteiger partial charge in [0.2, 0.25) is 5.76 Å². The van der Waals surface area contributed by atoms with Gasteiger partial charge in [-0.15, -0.1) is 0 Å². The molecule has 1 aromatic carbocycles. The summed E-state index contributed by atoms with van der Waals surface area (Å²) >= 11 is 0. The maximum Gasteiger partial charge on any atom is 0.289 e. The standard InChI is InChI=1S/C20H23FN4O2/c1-5-25-13(2)14(11-23-25)17-10-18(27-24-17)19(26)22-12-20(3,4)15-8-6-7-9-16(15)21/h6-11H,5,12H2,1-4H3,(H,22,26). The number of amides is 1. The summed E-state index contributed by atoms with van der Waals surface area (Å²) in [7, 11) is 0. The molecule has 0 spiro atoms. The minimum atomic E-state index is -0.567. The first-order valence-electron chi connectivity index (χ1n) is 8.86. The minimum absolute atomic E-state index is 0.109. The van der Waals surface area contributed by atoms with Crippen molar-refractivity contribution in [2.75, 3.05) is 6.54 Å².